The van der Waals surface area contributed by atoms with Crippen LogP contribution in [-0.2, 0) is 6.17 Å². The molecular weight excluding hydrogens is 506 g/mol. The maximum absolute atomic E-state index is 14.2. The van der Waals surface area contributed by atoms with Crippen molar-refractivity contribution in [3.05, 3.63) is 175 Å². The molecule has 0 bridgehead atoms. The molecule has 1 radical (unpaired) electrons. The Hall–Kier alpha value is -4.48. The van der Waals surface area contributed by atoms with Gasteiger partial charge in [0.05, 0.1) is 5.72 Å². The number of benzene rings is 5. The molecular formula is C35H29BFN2Si. The monoisotopic (exact) mass is 535 g/mol. The molecule has 40 heavy (non-hydrogen) atoms. The van der Waals surface area contributed by atoms with Crippen LogP contribution in [0.2, 0.25) is 0 Å². The summed E-state index contributed by atoms with van der Waals surface area (Å²) in [6.45, 7) is 0. The quantitative estimate of drug-likeness (QED) is 0.191. The van der Waals surface area contributed by atoms with Crippen LogP contribution in [0.1, 0.15) is 16.9 Å². The lowest BCUT2D eigenvalue weighted by Gasteiger charge is -2.35. The van der Waals surface area contributed by atoms with Gasteiger partial charge in [-0.1, -0.05) is 133 Å². The second-order valence-electron chi connectivity index (χ2n) is 10.0. The number of rotatable bonds is 9. The molecule has 5 aromatic carbocycles. The van der Waals surface area contributed by atoms with E-state index in [1.165, 1.54) is 21.5 Å². The van der Waals surface area contributed by atoms with E-state index in [2.05, 4.69) is 139 Å². The molecule has 0 amide bonds. The van der Waals surface area contributed by atoms with Crippen molar-refractivity contribution in [1.82, 2.24) is 9.55 Å². The molecule has 1 aromatic heterocycles. The second-order valence-corrected chi connectivity index (χ2v) is 13.9. The van der Waals surface area contributed by atoms with Crippen LogP contribution in [0.3, 0.4) is 0 Å². The van der Waals surface area contributed by atoms with Crippen LogP contribution in [0.25, 0.3) is 0 Å². The van der Waals surface area contributed by atoms with Gasteiger partial charge in [-0.2, -0.15) is 0 Å². The van der Waals surface area contributed by atoms with Crippen LogP contribution in [0.4, 0.5) is 4.39 Å². The maximum Gasteiger partial charge on any atom is 0.215 e. The number of imidazole rings is 1. The highest BCUT2D eigenvalue weighted by Crippen LogP contribution is 2.23. The zero-order valence-electron chi connectivity index (χ0n) is 22.1. The third-order valence-electron chi connectivity index (χ3n) is 7.66. The van der Waals surface area contributed by atoms with Crippen LogP contribution in [0, 0.1) is 5.82 Å². The SMILES string of the molecule is Fc1ccc([Si](Cn2ccnc2[B]C(c2ccccc2)c2ccccc2)(c2ccccc2)c2ccccc2)cc1. The molecule has 0 N–H and O–H groups in total. The van der Waals surface area contributed by atoms with Crippen molar-refractivity contribution in [2.75, 3.05) is 0 Å². The molecule has 0 fully saturated rings. The summed E-state index contributed by atoms with van der Waals surface area (Å²) >= 11 is 0. The van der Waals surface area contributed by atoms with E-state index in [1.807, 2.05) is 18.3 Å². The Kier molecular flexibility index (Phi) is 7.56. The summed E-state index contributed by atoms with van der Waals surface area (Å²) in [7, 11) is -0.388. The molecule has 2 nitrogen and oxygen atoms in total. The summed E-state index contributed by atoms with van der Waals surface area (Å²) in [4.78, 5) is 4.86. The van der Waals surface area contributed by atoms with E-state index in [1.54, 1.807) is 12.1 Å². The van der Waals surface area contributed by atoms with E-state index < -0.39 is 8.07 Å². The average Bonchev–Trinajstić information content (AvgIpc) is 3.47. The summed E-state index contributed by atoms with van der Waals surface area (Å²) in [5, 5.41) is 3.71. The van der Waals surface area contributed by atoms with Crippen molar-refractivity contribution in [3.8, 4) is 0 Å². The van der Waals surface area contributed by atoms with Gasteiger partial charge in [0.15, 0.2) is 8.07 Å². The fraction of sp³-hybridized carbons (Fsp3) is 0.0571. The Morgan fingerprint density at radius 2 is 1.05 bits per heavy atom. The first-order chi connectivity index (χ1) is 19.7. The fourth-order valence-corrected chi connectivity index (χ4v) is 10.3. The van der Waals surface area contributed by atoms with Crippen LogP contribution in [0.15, 0.2) is 158 Å². The van der Waals surface area contributed by atoms with Gasteiger partial charge in [0.2, 0.25) is 7.28 Å². The minimum absolute atomic E-state index is 0.0545. The first-order valence-electron chi connectivity index (χ1n) is 13.6. The third-order valence-corrected chi connectivity index (χ3v) is 12.4. The smallest absolute Gasteiger partial charge is 0.215 e. The number of nitrogens with zero attached hydrogens (tertiary/aromatic N) is 2. The van der Waals surface area contributed by atoms with E-state index in [9.17, 15) is 4.39 Å². The first kappa shape index (κ1) is 25.8. The van der Waals surface area contributed by atoms with Gasteiger partial charge in [0.1, 0.15) is 5.82 Å². The molecule has 193 valence electrons. The Bertz CT molecular complexity index is 1560. The van der Waals surface area contributed by atoms with Crippen molar-refractivity contribution in [2.45, 2.75) is 12.0 Å². The summed E-state index contributed by atoms with van der Waals surface area (Å²) in [5.41, 5.74) is 3.36. The minimum Gasteiger partial charge on any atom is -0.345 e. The Balaban J connectivity index is 1.48. The van der Waals surface area contributed by atoms with E-state index in [4.69, 9.17) is 4.98 Å². The van der Waals surface area contributed by atoms with E-state index in [-0.39, 0.29) is 11.6 Å². The number of hydrogen-bond donors (Lipinski definition) is 0. The Labute approximate surface area is 237 Å². The van der Waals surface area contributed by atoms with Gasteiger partial charge in [0.25, 0.3) is 0 Å². The summed E-state index contributed by atoms with van der Waals surface area (Å²) < 4.78 is 16.5. The number of aromatic nitrogens is 2. The van der Waals surface area contributed by atoms with E-state index in [0.29, 0.717) is 0 Å². The molecule has 0 saturated carbocycles. The zero-order chi connectivity index (χ0) is 27.2. The predicted molar refractivity (Wildman–Crippen MR) is 166 cm³/mol. The standard InChI is InChI=1S/C35H29BFN2Si/c37-30-21-23-33(24-22-30)40(31-17-9-3-10-18-31,32-19-11-4-12-20-32)27-39-26-25-38-35(39)36-34(28-13-5-1-6-14-28)29-15-7-2-8-16-29/h1-26,34H,27H2. The predicted octanol–water partition coefficient (Wildman–Crippen LogP) is 4.85. The molecule has 1 heterocycles. The van der Waals surface area contributed by atoms with Crippen LogP contribution >= 0.6 is 0 Å². The molecule has 0 spiro atoms. The molecule has 0 aliphatic heterocycles. The van der Waals surface area contributed by atoms with Gasteiger partial charge in [-0.15, -0.1) is 0 Å². The molecule has 0 aliphatic rings. The average molecular weight is 536 g/mol. The Morgan fingerprint density at radius 3 is 1.55 bits per heavy atom. The third kappa shape index (κ3) is 5.21. The van der Waals surface area contributed by atoms with Gasteiger partial charge < -0.3 is 4.57 Å². The normalized spacial score (nSPS) is 11.4. The van der Waals surface area contributed by atoms with Gasteiger partial charge in [0, 0.05) is 18.6 Å². The highest BCUT2D eigenvalue weighted by atomic mass is 28.3. The molecule has 0 unspecified atom stereocenters. The summed E-state index contributed by atoms with van der Waals surface area (Å²) in [6, 6.07) is 49.7. The lowest BCUT2D eigenvalue weighted by molar-refractivity contribution is 0.628. The number of hydrogen-bond acceptors (Lipinski definition) is 1. The van der Waals surface area contributed by atoms with Crippen molar-refractivity contribution < 1.29 is 4.39 Å². The van der Waals surface area contributed by atoms with Crippen LogP contribution < -0.4 is 21.3 Å². The molecule has 5 heteroatoms. The molecule has 0 aliphatic carbocycles. The second kappa shape index (κ2) is 11.7. The van der Waals surface area contributed by atoms with Gasteiger partial charge in [-0.3, -0.25) is 4.98 Å². The topological polar surface area (TPSA) is 17.8 Å². The van der Waals surface area contributed by atoms with E-state index >= 15 is 0 Å². The van der Waals surface area contributed by atoms with Crippen molar-refractivity contribution in [1.29, 1.82) is 0 Å². The lowest BCUT2D eigenvalue weighted by atomic mass is 9.58. The van der Waals surface area contributed by atoms with Gasteiger partial charge in [-0.05, 0) is 44.6 Å². The molecule has 6 aromatic rings. The maximum atomic E-state index is 14.2. The molecule has 0 atom stereocenters. The fourth-order valence-electron chi connectivity index (χ4n) is 5.68. The minimum atomic E-state index is -2.66. The zero-order valence-corrected chi connectivity index (χ0v) is 23.1. The summed E-state index contributed by atoms with van der Waals surface area (Å²) in [5.74, 6) is -0.170. The van der Waals surface area contributed by atoms with Gasteiger partial charge >= 0.3 is 0 Å². The highest BCUT2D eigenvalue weighted by molar-refractivity contribution is 7.10. The highest BCUT2D eigenvalue weighted by Gasteiger charge is 2.40. The first-order valence-corrected chi connectivity index (χ1v) is 15.8. The van der Waals surface area contributed by atoms with Gasteiger partial charge in [-0.25, -0.2) is 4.39 Å². The molecule has 6 rings (SSSR count). The summed E-state index contributed by atoms with van der Waals surface area (Å²) in [6.07, 6.45) is 4.70. The van der Waals surface area contributed by atoms with Crippen molar-refractivity contribution in [2.24, 2.45) is 0 Å². The largest absolute Gasteiger partial charge is 0.345 e. The Morgan fingerprint density at radius 1 is 0.600 bits per heavy atom. The van der Waals surface area contributed by atoms with E-state index in [0.717, 1.165) is 17.1 Å². The van der Waals surface area contributed by atoms with Crippen LogP contribution in [0.5, 0.6) is 0 Å². The lowest BCUT2D eigenvalue weighted by Crippen LogP contribution is -2.70. The number of halogens is 1. The van der Waals surface area contributed by atoms with Crippen molar-refractivity contribution >= 4 is 36.6 Å². The van der Waals surface area contributed by atoms with Crippen LogP contribution in [-0.4, -0.2) is 24.9 Å². The molecule has 0 saturated heterocycles. The van der Waals surface area contributed by atoms with Crippen molar-refractivity contribution in [3.63, 3.8) is 0 Å².